The summed E-state index contributed by atoms with van der Waals surface area (Å²) in [5, 5.41) is 2.95. The van der Waals surface area contributed by atoms with Crippen LogP contribution in [0, 0.1) is 20.8 Å². The molecule has 3 aromatic rings. The van der Waals surface area contributed by atoms with Crippen molar-refractivity contribution >= 4 is 27.5 Å². The monoisotopic (exact) mass is 549 g/mol. The van der Waals surface area contributed by atoms with Crippen LogP contribution in [0.3, 0.4) is 0 Å². The van der Waals surface area contributed by atoms with Crippen LogP contribution in [0.25, 0.3) is 0 Å². The fourth-order valence-corrected chi connectivity index (χ4v) is 5.65. The van der Waals surface area contributed by atoms with Gasteiger partial charge in [-0.25, -0.2) is 8.42 Å². The lowest BCUT2D eigenvalue weighted by Crippen LogP contribution is -2.52. The van der Waals surface area contributed by atoms with E-state index in [0.29, 0.717) is 5.69 Å². The number of hydrogen-bond acceptors (Lipinski definition) is 4. The van der Waals surface area contributed by atoms with Gasteiger partial charge in [-0.3, -0.25) is 13.9 Å². The minimum atomic E-state index is -4.08. The largest absolute Gasteiger partial charge is 0.352 e. The molecule has 2 atom stereocenters. The zero-order valence-electron chi connectivity index (χ0n) is 23.6. The molecule has 0 aliphatic carbocycles. The quantitative estimate of drug-likeness (QED) is 0.359. The zero-order valence-corrected chi connectivity index (χ0v) is 24.5. The van der Waals surface area contributed by atoms with E-state index in [0.717, 1.165) is 33.0 Å². The van der Waals surface area contributed by atoms with Gasteiger partial charge in [-0.2, -0.15) is 0 Å². The summed E-state index contributed by atoms with van der Waals surface area (Å²) in [5.74, 6) is -0.753. The number of amides is 2. The Morgan fingerprint density at radius 1 is 0.872 bits per heavy atom. The SMILES string of the molecule is CC[C@H](C)NC(=O)[C@H](C)N(Cc1ccc(C)cc1)C(=O)CN(c1cc(C)ccc1C)S(=O)(=O)c1ccccc1. The molecule has 0 aliphatic rings. The summed E-state index contributed by atoms with van der Waals surface area (Å²) in [6, 6.07) is 20.5. The number of benzene rings is 3. The van der Waals surface area contributed by atoms with Gasteiger partial charge >= 0.3 is 0 Å². The van der Waals surface area contributed by atoms with E-state index in [2.05, 4.69) is 5.32 Å². The van der Waals surface area contributed by atoms with Crippen molar-refractivity contribution in [2.75, 3.05) is 10.8 Å². The highest BCUT2D eigenvalue weighted by atomic mass is 32.2. The van der Waals surface area contributed by atoms with Crippen LogP contribution in [0.1, 0.15) is 49.4 Å². The molecule has 7 nitrogen and oxygen atoms in total. The van der Waals surface area contributed by atoms with E-state index in [9.17, 15) is 18.0 Å². The normalized spacial score (nSPS) is 12.9. The van der Waals surface area contributed by atoms with Gasteiger partial charge in [-0.05, 0) is 75.9 Å². The Bertz CT molecular complexity index is 1390. The number of sulfonamides is 1. The highest BCUT2D eigenvalue weighted by molar-refractivity contribution is 7.92. The first-order valence-corrected chi connectivity index (χ1v) is 14.7. The third kappa shape index (κ3) is 7.47. The maximum atomic E-state index is 14.0. The summed E-state index contributed by atoms with van der Waals surface area (Å²) in [5.41, 5.74) is 3.95. The summed E-state index contributed by atoms with van der Waals surface area (Å²) in [7, 11) is -4.08. The first-order chi connectivity index (χ1) is 18.4. The molecule has 39 heavy (non-hydrogen) atoms. The molecule has 0 saturated heterocycles. The van der Waals surface area contributed by atoms with E-state index in [1.54, 1.807) is 31.2 Å². The van der Waals surface area contributed by atoms with Crippen LogP contribution in [0.5, 0.6) is 0 Å². The van der Waals surface area contributed by atoms with Crippen molar-refractivity contribution in [2.45, 2.75) is 71.5 Å². The Hall–Kier alpha value is -3.65. The summed E-state index contributed by atoms with van der Waals surface area (Å²) in [6.45, 7) is 11.0. The number of carbonyl (C=O) groups excluding carboxylic acids is 2. The lowest BCUT2D eigenvalue weighted by Gasteiger charge is -2.33. The van der Waals surface area contributed by atoms with Crippen LogP contribution >= 0.6 is 0 Å². The lowest BCUT2D eigenvalue weighted by atomic mass is 10.1. The van der Waals surface area contributed by atoms with Crippen molar-refractivity contribution in [2.24, 2.45) is 0 Å². The number of carbonyl (C=O) groups is 2. The maximum absolute atomic E-state index is 14.0. The molecule has 3 rings (SSSR count). The topological polar surface area (TPSA) is 86.8 Å². The van der Waals surface area contributed by atoms with E-state index in [-0.39, 0.29) is 23.4 Å². The van der Waals surface area contributed by atoms with Crippen molar-refractivity contribution in [1.29, 1.82) is 0 Å². The summed E-state index contributed by atoms with van der Waals surface area (Å²) in [6.07, 6.45) is 0.750. The molecule has 0 aliphatic heterocycles. The molecule has 0 heterocycles. The standard InChI is InChI=1S/C31H39N3O4S/c1-7-25(5)32-31(36)26(6)33(20-27-17-14-22(2)15-18-27)30(35)21-34(29-19-23(3)13-16-24(29)4)39(37,38)28-11-9-8-10-12-28/h8-19,25-26H,7,20-21H2,1-6H3,(H,32,36)/t25-,26-/m0/s1. The number of aryl methyl sites for hydroxylation is 3. The van der Waals surface area contributed by atoms with Crippen LogP contribution in [0.4, 0.5) is 5.69 Å². The third-order valence-corrected chi connectivity index (χ3v) is 8.66. The second kappa shape index (κ2) is 12.9. The Kier molecular flexibility index (Phi) is 9.92. The van der Waals surface area contributed by atoms with Gasteiger partial charge in [-0.15, -0.1) is 0 Å². The number of rotatable bonds is 11. The molecule has 0 radical (unpaired) electrons. The van der Waals surface area contributed by atoms with Crippen molar-refractivity contribution in [3.05, 3.63) is 95.1 Å². The predicted molar refractivity (Wildman–Crippen MR) is 156 cm³/mol. The van der Waals surface area contributed by atoms with E-state index in [1.165, 1.54) is 17.0 Å². The second-order valence-electron chi connectivity index (χ2n) is 10.1. The minimum absolute atomic E-state index is 0.0545. The first kappa shape index (κ1) is 29.9. The highest BCUT2D eigenvalue weighted by Gasteiger charge is 2.33. The lowest BCUT2D eigenvalue weighted by molar-refractivity contribution is -0.139. The molecule has 0 bridgehead atoms. The number of anilines is 1. The van der Waals surface area contributed by atoms with Gasteiger partial charge in [0, 0.05) is 12.6 Å². The van der Waals surface area contributed by atoms with Gasteiger partial charge in [0.1, 0.15) is 12.6 Å². The second-order valence-corrected chi connectivity index (χ2v) is 12.0. The molecule has 0 fully saturated rings. The Morgan fingerprint density at radius 2 is 1.49 bits per heavy atom. The average Bonchev–Trinajstić information content (AvgIpc) is 2.92. The van der Waals surface area contributed by atoms with Crippen molar-refractivity contribution in [3.8, 4) is 0 Å². The van der Waals surface area contributed by atoms with Gasteiger partial charge in [0.15, 0.2) is 0 Å². The van der Waals surface area contributed by atoms with Crippen molar-refractivity contribution < 1.29 is 18.0 Å². The van der Waals surface area contributed by atoms with Gasteiger partial charge in [0.25, 0.3) is 10.0 Å². The molecular formula is C31H39N3O4S. The summed E-state index contributed by atoms with van der Waals surface area (Å²) < 4.78 is 29.0. The average molecular weight is 550 g/mol. The van der Waals surface area contributed by atoms with Crippen LogP contribution in [-0.4, -0.2) is 43.8 Å². The molecule has 0 unspecified atom stereocenters. The van der Waals surface area contributed by atoms with Gasteiger partial charge in [-0.1, -0.05) is 67.1 Å². The number of hydrogen-bond donors (Lipinski definition) is 1. The molecule has 2 amide bonds. The molecule has 208 valence electrons. The van der Waals surface area contributed by atoms with Crippen LogP contribution in [0.2, 0.25) is 0 Å². The van der Waals surface area contributed by atoms with Crippen LogP contribution in [0.15, 0.2) is 77.7 Å². The Morgan fingerprint density at radius 3 is 2.10 bits per heavy atom. The molecular weight excluding hydrogens is 510 g/mol. The molecule has 0 aromatic heterocycles. The van der Waals surface area contributed by atoms with Crippen LogP contribution < -0.4 is 9.62 Å². The molecule has 1 N–H and O–H groups in total. The molecule has 3 aromatic carbocycles. The Labute approximate surface area is 232 Å². The van der Waals surface area contributed by atoms with Gasteiger partial charge < -0.3 is 10.2 Å². The third-order valence-electron chi connectivity index (χ3n) is 6.89. The summed E-state index contributed by atoms with van der Waals surface area (Å²) >= 11 is 0. The maximum Gasteiger partial charge on any atom is 0.264 e. The molecule has 8 heteroatoms. The van der Waals surface area contributed by atoms with E-state index in [1.807, 2.05) is 71.0 Å². The van der Waals surface area contributed by atoms with E-state index in [4.69, 9.17) is 0 Å². The fourth-order valence-electron chi connectivity index (χ4n) is 4.16. The molecule has 0 saturated carbocycles. The number of nitrogens with one attached hydrogen (secondary N) is 1. The van der Waals surface area contributed by atoms with Gasteiger partial charge in [0.2, 0.25) is 11.8 Å². The smallest absolute Gasteiger partial charge is 0.264 e. The summed E-state index contributed by atoms with van der Waals surface area (Å²) in [4.78, 5) is 28.7. The molecule has 0 spiro atoms. The van der Waals surface area contributed by atoms with Crippen molar-refractivity contribution in [1.82, 2.24) is 10.2 Å². The van der Waals surface area contributed by atoms with Gasteiger partial charge in [0.05, 0.1) is 10.6 Å². The van der Waals surface area contributed by atoms with E-state index >= 15 is 0 Å². The number of nitrogens with zero attached hydrogens (tertiary/aromatic N) is 2. The van der Waals surface area contributed by atoms with E-state index < -0.39 is 28.5 Å². The highest BCUT2D eigenvalue weighted by Crippen LogP contribution is 2.28. The minimum Gasteiger partial charge on any atom is -0.352 e. The van der Waals surface area contributed by atoms with Crippen molar-refractivity contribution in [3.63, 3.8) is 0 Å². The fraction of sp³-hybridized carbons (Fsp3) is 0.355. The van der Waals surface area contributed by atoms with Crippen LogP contribution in [-0.2, 0) is 26.2 Å². The Balaban J connectivity index is 2.05. The zero-order chi connectivity index (χ0) is 28.7. The predicted octanol–water partition coefficient (Wildman–Crippen LogP) is 5.14. The first-order valence-electron chi connectivity index (χ1n) is 13.2.